The van der Waals surface area contributed by atoms with Gasteiger partial charge in [0, 0.05) is 38.1 Å². The molecule has 0 aliphatic carbocycles. The number of hydrogen-bond donors (Lipinski definition) is 2. The standard InChI is InChI=1S/C15H20N4S/c16-10-13-11-20-15(18-13)14(12-4-2-1-3-5-12)19-8-6-17-7-9-19/h1-5,11,14,17H,6-10,16H2. The van der Waals surface area contributed by atoms with Crippen molar-refractivity contribution in [3.8, 4) is 0 Å². The highest BCUT2D eigenvalue weighted by molar-refractivity contribution is 7.09. The van der Waals surface area contributed by atoms with Crippen LogP contribution in [-0.4, -0.2) is 36.1 Å². The lowest BCUT2D eigenvalue weighted by molar-refractivity contribution is 0.198. The Kier molecular flexibility index (Phi) is 4.42. The van der Waals surface area contributed by atoms with Crippen molar-refractivity contribution in [1.82, 2.24) is 15.2 Å². The predicted molar refractivity (Wildman–Crippen MR) is 82.7 cm³/mol. The van der Waals surface area contributed by atoms with Gasteiger partial charge in [-0.1, -0.05) is 30.3 Å². The Morgan fingerprint density at radius 1 is 1.25 bits per heavy atom. The van der Waals surface area contributed by atoms with Gasteiger partial charge in [-0.05, 0) is 5.56 Å². The fraction of sp³-hybridized carbons (Fsp3) is 0.400. The van der Waals surface area contributed by atoms with Crippen molar-refractivity contribution in [3.63, 3.8) is 0 Å². The van der Waals surface area contributed by atoms with E-state index in [0.717, 1.165) is 36.9 Å². The van der Waals surface area contributed by atoms with Gasteiger partial charge in [-0.3, -0.25) is 4.90 Å². The average Bonchev–Trinajstić information content (AvgIpc) is 2.98. The molecule has 4 nitrogen and oxygen atoms in total. The number of hydrogen-bond acceptors (Lipinski definition) is 5. The van der Waals surface area contributed by atoms with E-state index in [4.69, 9.17) is 10.7 Å². The summed E-state index contributed by atoms with van der Waals surface area (Å²) in [4.78, 5) is 7.22. The van der Waals surface area contributed by atoms with Gasteiger partial charge in [-0.25, -0.2) is 4.98 Å². The Hall–Kier alpha value is -1.27. The van der Waals surface area contributed by atoms with E-state index in [-0.39, 0.29) is 6.04 Å². The first kappa shape index (κ1) is 13.7. The first-order chi connectivity index (χ1) is 9.88. The Bertz CT molecular complexity index is 534. The molecular formula is C15H20N4S. The summed E-state index contributed by atoms with van der Waals surface area (Å²) < 4.78 is 0. The molecule has 1 aromatic heterocycles. The number of thiazole rings is 1. The maximum Gasteiger partial charge on any atom is 0.115 e. The topological polar surface area (TPSA) is 54.2 Å². The zero-order valence-electron chi connectivity index (χ0n) is 11.5. The second-order valence-electron chi connectivity index (χ2n) is 4.98. The lowest BCUT2D eigenvalue weighted by Crippen LogP contribution is -2.45. The highest BCUT2D eigenvalue weighted by Crippen LogP contribution is 2.31. The molecule has 0 amide bonds. The first-order valence-electron chi connectivity index (χ1n) is 7.02. The number of rotatable bonds is 4. The van der Waals surface area contributed by atoms with E-state index in [1.54, 1.807) is 11.3 Å². The summed E-state index contributed by atoms with van der Waals surface area (Å²) in [5.74, 6) is 0. The van der Waals surface area contributed by atoms with E-state index in [1.165, 1.54) is 5.56 Å². The number of piperazine rings is 1. The van der Waals surface area contributed by atoms with Gasteiger partial charge in [0.15, 0.2) is 0 Å². The van der Waals surface area contributed by atoms with Gasteiger partial charge in [0.05, 0.1) is 11.7 Å². The smallest absolute Gasteiger partial charge is 0.115 e. The van der Waals surface area contributed by atoms with Crippen LogP contribution in [0.15, 0.2) is 35.7 Å². The van der Waals surface area contributed by atoms with Crippen molar-refractivity contribution >= 4 is 11.3 Å². The van der Waals surface area contributed by atoms with E-state index in [2.05, 4.69) is 45.9 Å². The van der Waals surface area contributed by atoms with Crippen LogP contribution in [0.5, 0.6) is 0 Å². The molecule has 5 heteroatoms. The second kappa shape index (κ2) is 6.45. The summed E-state index contributed by atoms with van der Waals surface area (Å²) in [6.45, 7) is 4.70. The Balaban J connectivity index is 1.94. The molecule has 1 fully saturated rings. The molecule has 0 radical (unpaired) electrons. The minimum absolute atomic E-state index is 0.253. The lowest BCUT2D eigenvalue weighted by Gasteiger charge is -2.34. The number of benzene rings is 1. The van der Waals surface area contributed by atoms with E-state index in [0.29, 0.717) is 6.54 Å². The number of aromatic nitrogens is 1. The summed E-state index contributed by atoms with van der Waals surface area (Å²) in [7, 11) is 0. The van der Waals surface area contributed by atoms with E-state index < -0.39 is 0 Å². The molecule has 1 aliphatic heterocycles. The third-order valence-corrected chi connectivity index (χ3v) is 4.59. The molecular weight excluding hydrogens is 268 g/mol. The Labute approximate surface area is 123 Å². The Morgan fingerprint density at radius 3 is 2.65 bits per heavy atom. The fourth-order valence-corrected chi connectivity index (χ4v) is 3.62. The van der Waals surface area contributed by atoms with Crippen LogP contribution in [0.4, 0.5) is 0 Å². The van der Waals surface area contributed by atoms with Crippen LogP contribution < -0.4 is 11.1 Å². The van der Waals surface area contributed by atoms with Crippen molar-refractivity contribution in [1.29, 1.82) is 0 Å². The monoisotopic (exact) mass is 288 g/mol. The first-order valence-corrected chi connectivity index (χ1v) is 7.90. The maximum absolute atomic E-state index is 5.70. The molecule has 1 aliphatic rings. The largest absolute Gasteiger partial charge is 0.325 e. The fourth-order valence-electron chi connectivity index (χ4n) is 2.63. The van der Waals surface area contributed by atoms with Crippen molar-refractivity contribution < 1.29 is 0 Å². The highest BCUT2D eigenvalue weighted by atomic mass is 32.1. The van der Waals surface area contributed by atoms with Gasteiger partial charge in [-0.2, -0.15) is 0 Å². The SMILES string of the molecule is NCc1csc(C(c2ccccc2)N2CCNCC2)n1. The average molecular weight is 288 g/mol. The zero-order valence-corrected chi connectivity index (χ0v) is 12.3. The minimum atomic E-state index is 0.253. The molecule has 1 unspecified atom stereocenters. The predicted octanol–water partition coefficient (Wildman–Crippen LogP) is 1.60. The number of nitrogens with one attached hydrogen (secondary N) is 1. The molecule has 2 aromatic rings. The molecule has 1 aromatic carbocycles. The summed E-state index contributed by atoms with van der Waals surface area (Å²) in [5.41, 5.74) is 8.00. The van der Waals surface area contributed by atoms with Crippen LogP contribution in [0.25, 0.3) is 0 Å². The molecule has 106 valence electrons. The lowest BCUT2D eigenvalue weighted by atomic mass is 10.1. The van der Waals surface area contributed by atoms with Gasteiger partial charge in [0.25, 0.3) is 0 Å². The van der Waals surface area contributed by atoms with Crippen molar-refractivity contribution in [2.24, 2.45) is 5.73 Å². The third kappa shape index (κ3) is 2.91. The molecule has 0 saturated carbocycles. The Morgan fingerprint density at radius 2 is 2.00 bits per heavy atom. The zero-order chi connectivity index (χ0) is 13.8. The van der Waals surface area contributed by atoms with Crippen LogP contribution in [0, 0.1) is 0 Å². The van der Waals surface area contributed by atoms with Crippen molar-refractivity contribution in [2.45, 2.75) is 12.6 Å². The van der Waals surface area contributed by atoms with Crippen LogP contribution in [0.1, 0.15) is 22.3 Å². The third-order valence-electron chi connectivity index (χ3n) is 3.64. The summed E-state index contributed by atoms with van der Waals surface area (Å²) in [5, 5.41) is 6.64. The van der Waals surface area contributed by atoms with E-state index in [9.17, 15) is 0 Å². The van der Waals surface area contributed by atoms with Crippen LogP contribution >= 0.6 is 11.3 Å². The number of nitrogens with two attached hydrogens (primary N) is 1. The van der Waals surface area contributed by atoms with Gasteiger partial charge in [-0.15, -0.1) is 11.3 Å². The molecule has 20 heavy (non-hydrogen) atoms. The van der Waals surface area contributed by atoms with Gasteiger partial charge < -0.3 is 11.1 Å². The minimum Gasteiger partial charge on any atom is -0.325 e. The van der Waals surface area contributed by atoms with E-state index >= 15 is 0 Å². The maximum atomic E-state index is 5.70. The highest BCUT2D eigenvalue weighted by Gasteiger charge is 2.26. The molecule has 0 bridgehead atoms. The van der Waals surface area contributed by atoms with E-state index in [1.807, 2.05) is 0 Å². The molecule has 1 atom stereocenters. The van der Waals surface area contributed by atoms with Crippen LogP contribution in [0.3, 0.4) is 0 Å². The normalized spacial score (nSPS) is 18.1. The molecule has 3 N–H and O–H groups in total. The summed E-state index contributed by atoms with van der Waals surface area (Å²) in [6, 6.07) is 10.9. The van der Waals surface area contributed by atoms with Gasteiger partial charge in [0.2, 0.25) is 0 Å². The number of nitrogens with zero attached hydrogens (tertiary/aromatic N) is 2. The van der Waals surface area contributed by atoms with Crippen LogP contribution in [-0.2, 0) is 6.54 Å². The summed E-state index contributed by atoms with van der Waals surface area (Å²) in [6.07, 6.45) is 0. The van der Waals surface area contributed by atoms with Crippen LogP contribution in [0.2, 0.25) is 0 Å². The summed E-state index contributed by atoms with van der Waals surface area (Å²) >= 11 is 1.72. The second-order valence-corrected chi connectivity index (χ2v) is 5.87. The van der Waals surface area contributed by atoms with Gasteiger partial charge >= 0.3 is 0 Å². The quantitative estimate of drug-likeness (QED) is 0.897. The van der Waals surface area contributed by atoms with Gasteiger partial charge in [0.1, 0.15) is 5.01 Å². The molecule has 0 spiro atoms. The molecule has 1 saturated heterocycles. The van der Waals surface area contributed by atoms with Crippen molar-refractivity contribution in [2.75, 3.05) is 26.2 Å². The van der Waals surface area contributed by atoms with Crippen molar-refractivity contribution in [3.05, 3.63) is 52.0 Å². The molecule has 2 heterocycles. The molecule has 3 rings (SSSR count).